The zero-order valence-corrected chi connectivity index (χ0v) is 22.6. The number of carbonyl (C=O) groups is 2. The average molecular weight is 522 g/mol. The summed E-state index contributed by atoms with van der Waals surface area (Å²) in [7, 11) is 0. The standard InChI is InChI=1S/C33H35N3O3/c1-24-15-16-28(36-19-17-35(18-20-36)22-32(37)39-23-26-9-4-3-5-10-26)21-31(24)33(38)34-25(2)29-14-8-12-27-11-6-7-13-30(27)29/h3-16,21,25H,17-20,22-23H2,1-2H3,(H,34,38)/t25-/m1/s1. The number of benzene rings is 4. The van der Waals surface area contributed by atoms with Gasteiger partial charge in [0.1, 0.15) is 6.61 Å². The van der Waals surface area contributed by atoms with Crippen molar-refractivity contribution in [3.63, 3.8) is 0 Å². The van der Waals surface area contributed by atoms with E-state index in [9.17, 15) is 9.59 Å². The third kappa shape index (κ3) is 6.47. The number of ether oxygens (including phenoxy) is 1. The summed E-state index contributed by atoms with van der Waals surface area (Å²) < 4.78 is 5.45. The van der Waals surface area contributed by atoms with Gasteiger partial charge < -0.3 is 15.0 Å². The van der Waals surface area contributed by atoms with Gasteiger partial charge in [0, 0.05) is 37.4 Å². The van der Waals surface area contributed by atoms with Gasteiger partial charge in [0.05, 0.1) is 12.6 Å². The third-order valence-electron chi connectivity index (χ3n) is 7.44. The highest BCUT2D eigenvalue weighted by molar-refractivity contribution is 5.97. The summed E-state index contributed by atoms with van der Waals surface area (Å²) in [6.45, 7) is 7.66. The Hall–Kier alpha value is -4.16. The summed E-state index contributed by atoms with van der Waals surface area (Å²) in [6.07, 6.45) is 0. The molecule has 4 aromatic carbocycles. The first-order valence-electron chi connectivity index (χ1n) is 13.5. The number of hydrogen-bond acceptors (Lipinski definition) is 5. The first-order chi connectivity index (χ1) is 19.0. The second-order valence-corrected chi connectivity index (χ2v) is 10.2. The largest absolute Gasteiger partial charge is 0.460 e. The average Bonchev–Trinajstić information content (AvgIpc) is 2.97. The predicted octanol–water partition coefficient (Wildman–Crippen LogP) is 5.50. The zero-order valence-electron chi connectivity index (χ0n) is 22.6. The Labute approximate surface area is 230 Å². The SMILES string of the molecule is Cc1ccc(N2CCN(CC(=O)OCc3ccccc3)CC2)cc1C(=O)N[C@H](C)c1cccc2ccccc12. The van der Waals surface area contributed by atoms with Crippen LogP contribution in [0, 0.1) is 6.92 Å². The van der Waals surface area contributed by atoms with E-state index >= 15 is 0 Å². The fourth-order valence-corrected chi connectivity index (χ4v) is 5.16. The van der Waals surface area contributed by atoms with Crippen molar-refractivity contribution in [1.29, 1.82) is 0 Å². The number of rotatable bonds is 8. The van der Waals surface area contributed by atoms with Crippen LogP contribution in [-0.2, 0) is 16.1 Å². The number of nitrogens with one attached hydrogen (secondary N) is 1. The number of amides is 1. The molecule has 6 heteroatoms. The summed E-state index contributed by atoms with van der Waals surface area (Å²) in [5.41, 5.74) is 4.75. The van der Waals surface area contributed by atoms with Crippen LogP contribution in [0.2, 0.25) is 0 Å². The summed E-state index contributed by atoms with van der Waals surface area (Å²) in [5, 5.41) is 5.53. The lowest BCUT2D eigenvalue weighted by molar-refractivity contribution is -0.146. The zero-order chi connectivity index (χ0) is 27.2. The van der Waals surface area contributed by atoms with Gasteiger partial charge in [0.2, 0.25) is 0 Å². The fraction of sp³-hybridized carbons (Fsp3) is 0.273. The van der Waals surface area contributed by atoms with Crippen molar-refractivity contribution in [2.45, 2.75) is 26.5 Å². The van der Waals surface area contributed by atoms with E-state index in [0.29, 0.717) is 12.2 Å². The van der Waals surface area contributed by atoms with Crippen molar-refractivity contribution in [2.24, 2.45) is 0 Å². The maximum Gasteiger partial charge on any atom is 0.320 e. The van der Waals surface area contributed by atoms with Crippen LogP contribution in [0.4, 0.5) is 5.69 Å². The number of carbonyl (C=O) groups excluding carboxylic acids is 2. The van der Waals surface area contributed by atoms with Gasteiger partial charge in [0.25, 0.3) is 5.91 Å². The highest BCUT2D eigenvalue weighted by Gasteiger charge is 2.22. The minimum Gasteiger partial charge on any atom is -0.460 e. The molecule has 4 aromatic rings. The van der Waals surface area contributed by atoms with Gasteiger partial charge in [0.15, 0.2) is 0 Å². The third-order valence-corrected chi connectivity index (χ3v) is 7.44. The number of esters is 1. The van der Waals surface area contributed by atoms with Gasteiger partial charge in [-0.1, -0.05) is 78.9 Å². The molecule has 1 heterocycles. The first-order valence-corrected chi connectivity index (χ1v) is 13.5. The summed E-state index contributed by atoms with van der Waals surface area (Å²) in [6, 6.07) is 30.1. The van der Waals surface area contributed by atoms with Gasteiger partial charge in [-0.3, -0.25) is 14.5 Å². The molecule has 0 bridgehead atoms. The minimum atomic E-state index is -0.207. The molecule has 1 saturated heterocycles. The molecular weight excluding hydrogens is 486 g/mol. The first kappa shape index (κ1) is 26.4. The second-order valence-electron chi connectivity index (χ2n) is 10.2. The molecule has 5 rings (SSSR count). The van der Waals surface area contributed by atoms with Gasteiger partial charge in [-0.2, -0.15) is 0 Å². The van der Waals surface area contributed by atoms with Crippen LogP contribution in [-0.4, -0.2) is 49.5 Å². The molecule has 0 aromatic heterocycles. The van der Waals surface area contributed by atoms with E-state index in [1.54, 1.807) is 0 Å². The fourth-order valence-electron chi connectivity index (χ4n) is 5.16. The van der Waals surface area contributed by atoms with Gasteiger partial charge in [-0.25, -0.2) is 0 Å². The lowest BCUT2D eigenvalue weighted by Gasteiger charge is -2.35. The predicted molar refractivity (Wildman–Crippen MR) is 156 cm³/mol. The Morgan fingerprint density at radius 3 is 2.38 bits per heavy atom. The molecule has 0 spiro atoms. The lowest BCUT2D eigenvalue weighted by Crippen LogP contribution is -2.48. The Morgan fingerprint density at radius 2 is 1.59 bits per heavy atom. The Balaban J connectivity index is 1.17. The molecule has 0 radical (unpaired) electrons. The smallest absolute Gasteiger partial charge is 0.320 e. The van der Waals surface area contributed by atoms with E-state index in [1.165, 1.54) is 0 Å². The highest BCUT2D eigenvalue weighted by Crippen LogP contribution is 2.26. The number of aryl methyl sites for hydroxylation is 1. The van der Waals surface area contributed by atoms with Crippen molar-refractivity contribution in [1.82, 2.24) is 10.2 Å². The van der Waals surface area contributed by atoms with Crippen LogP contribution in [0.15, 0.2) is 91.0 Å². The van der Waals surface area contributed by atoms with E-state index in [0.717, 1.165) is 59.3 Å². The normalized spacial score (nSPS) is 14.7. The van der Waals surface area contributed by atoms with E-state index in [4.69, 9.17) is 4.74 Å². The lowest BCUT2D eigenvalue weighted by atomic mass is 9.99. The van der Waals surface area contributed by atoms with Crippen LogP contribution in [0.1, 0.15) is 40.0 Å². The number of piperazine rings is 1. The minimum absolute atomic E-state index is 0.0745. The van der Waals surface area contributed by atoms with Crippen molar-refractivity contribution < 1.29 is 14.3 Å². The molecule has 1 amide bonds. The van der Waals surface area contributed by atoms with E-state index in [2.05, 4.69) is 45.4 Å². The Morgan fingerprint density at radius 1 is 0.872 bits per heavy atom. The van der Waals surface area contributed by atoms with Crippen LogP contribution in [0.5, 0.6) is 0 Å². The molecule has 6 nitrogen and oxygen atoms in total. The van der Waals surface area contributed by atoms with Crippen molar-refractivity contribution in [3.8, 4) is 0 Å². The molecule has 0 saturated carbocycles. The molecule has 39 heavy (non-hydrogen) atoms. The van der Waals surface area contributed by atoms with Crippen LogP contribution >= 0.6 is 0 Å². The van der Waals surface area contributed by atoms with Gasteiger partial charge >= 0.3 is 5.97 Å². The van der Waals surface area contributed by atoms with Gasteiger partial charge in [-0.05, 0) is 53.4 Å². The number of anilines is 1. The molecular formula is C33H35N3O3. The number of nitrogens with zero attached hydrogens (tertiary/aromatic N) is 2. The molecule has 1 aliphatic heterocycles. The highest BCUT2D eigenvalue weighted by atomic mass is 16.5. The number of fused-ring (bicyclic) bond motifs is 1. The van der Waals surface area contributed by atoms with Crippen molar-refractivity contribution in [3.05, 3.63) is 113 Å². The Bertz CT molecular complexity index is 1440. The topological polar surface area (TPSA) is 61.9 Å². The van der Waals surface area contributed by atoms with E-state index < -0.39 is 0 Å². The molecule has 1 aliphatic rings. The maximum atomic E-state index is 13.4. The quantitative estimate of drug-likeness (QED) is 0.310. The van der Waals surface area contributed by atoms with E-state index in [1.807, 2.05) is 74.5 Å². The van der Waals surface area contributed by atoms with E-state index in [-0.39, 0.29) is 24.5 Å². The molecule has 1 N–H and O–H groups in total. The van der Waals surface area contributed by atoms with Crippen LogP contribution in [0.3, 0.4) is 0 Å². The van der Waals surface area contributed by atoms with Crippen LogP contribution < -0.4 is 10.2 Å². The summed E-state index contributed by atoms with van der Waals surface area (Å²) in [4.78, 5) is 30.1. The molecule has 1 fully saturated rings. The monoisotopic (exact) mass is 521 g/mol. The molecule has 0 aliphatic carbocycles. The number of hydrogen-bond donors (Lipinski definition) is 1. The summed E-state index contributed by atoms with van der Waals surface area (Å²) >= 11 is 0. The van der Waals surface area contributed by atoms with Crippen molar-refractivity contribution >= 4 is 28.3 Å². The van der Waals surface area contributed by atoms with Crippen LogP contribution in [0.25, 0.3) is 10.8 Å². The molecule has 1 atom stereocenters. The maximum absolute atomic E-state index is 13.4. The molecule has 200 valence electrons. The van der Waals surface area contributed by atoms with Crippen molar-refractivity contribution in [2.75, 3.05) is 37.6 Å². The summed E-state index contributed by atoms with van der Waals surface area (Å²) in [5.74, 6) is -0.281. The molecule has 0 unspecified atom stereocenters. The Kier molecular flexibility index (Phi) is 8.23. The second kappa shape index (κ2) is 12.1. The van der Waals surface area contributed by atoms with Gasteiger partial charge in [-0.15, -0.1) is 0 Å².